The van der Waals surface area contributed by atoms with E-state index in [0.717, 1.165) is 32.5 Å². The van der Waals surface area contributed by atoms with Gasteiger partial charge in [0.05, 0.1) is 22.7 Å². The number of imidazole rings is 1. The van der Waals surface area contributed by atoms with Crippen LogP contribution in [0.2, 0.25) is 0 Å². The van der Waals surface area contributed by atoms with E-state index < -0.39 is 0 Å². The Bertz CT molecular complexity index is 812. The maximum Gasteiger partial charge on any atom is 0.138 e. The molecule has 0 aliphatic carbocycles. The zero-order chi connectivity index (χ0) is 13.4. The first kappa shape index (κ1) is 11.9. The number of hydrogen-bond acceptors (Lipinski definition) is 2. The predicted molar refractivity (Wildman–Crippen MR) is 78.7 cm³/mol. The Labute approximate surface area is 119 Å². The van der Waals surface area contributed by atoms with Crippen LogP contribution >= 0.6 is 15.9 Å². The molecular weight excluding hydrogens is 302 g/mol. The van der Waals surface area contributed by atoms with E-state index in [1.165, 1.54) is 0 Å². The van der Waals surface area contributed by atoms with Gasteiger partial charge >= 0.3 is 0 Å². The molecule has 0 fully saturated rings. The molecule has 0 bridgehead atoms. The molecule has 92 valence electrons. The van der Waals surface area contributed by atoms with Gasteiger partial charge in [-0.1, -0.05) is 15.9 Å². The smallest absolute Gasteiger partial charge is 0.138 e. The minimum atomic E-state index is 0.634. The lowest BCUT2D eigenvalue weighted by Crippen LogP contribution is -1.85. The Morgan fingerprint density at radius 2 is 2.05 bits per heavy atom. The highest BCUT2D eigenvalue weighted by atomic mass is 79.9. The third-order valence-corrected chi connectivity index (χ3v) is 3.55. The summed E-state index contributed by atoms with van der Waals surface area (Å²) < 4.78 is 1.05. The molecule has 1 N–H and O–H groups in total. The summed E-state index contributed by atoms with van der Waals surface area (Å²) in [4.78, 5) is 7.84. The zero-order valence-electron chi connectivity index (χ0n) is 10.2. The molecule has 3 nitrogen and oxygen atoms in total. The number of benzene rings is 2. The van der Waals surface area contributed by atoms with Gasteiger partial charge in [-0.15, -0.1) is 0 Å². The summed E-state index contributed by atoms with van der Waals surface area (Å²) >= 11 is 3.46. The van der Waals surface area contributed by atoms with Crippen LogP contribution in [-0.2, 0) is 0 Å². The Balaban J connectivity index is 2.18. The third kappa shape index (κ3) is 2.13. The highest BCUT2D eigenvalue weighted by Gasteiger charge is 2.08. The van der Waals surface area contributed by atoms with Gasteiger partial charge in [0.15, 0.2) is 0 Å². The fraction of sp³-hybridized carbons (Fsp3) is 0.0667. The molecule has 19 heavy (non-hydrogen) atoms. The number of H-pyrrole nitrogens is 1. The molecule has 0 atom stereocenters. The molecule has 4 heteroatoms. The van der Waals surface area contributed by atoms with E-state index in [2.05, 4.69) is 38.0 Å². The molecule has 1 heterocycles. The molecule has 0 amide bonds. The molecule has 0 aliphatic rings. The first-order valence-electron chi connectivity index (χ1n) is 5.84. The van der Waals surface area contributed by atoms with Crippen LogP contribution in [0, 0.1) is 18.3 Å². The van der Waals surface area contributed by atoms with Gasteiger partial charge in [0.2, 0.25) is 0 Å². The van der Waals surface area contributed by atoms with Crippen molar-refractivity contribution in [3.05, 3.63) is 52.0 Å². The van der Waals surface area contributed by atoms with Gasteiger partial charge in [-0.3, -0.25) is 0 Å². The predicted octanol–water partition coefficient (Wildman–Crippen LogP) is 4.17. The van der Waals surface area contributed by atoms with E-state index in [0.29, 0.717) is 5.56 Å². The standard InChI is InChI=1S/C15H10BrN3/c1-9-6-11(16)3-4-12(9)15-18-13-5-2-10(8-17)7-14(13)19-15/h2-7H,1H3,(H,18,19). The molecular formula is C15H10BrN3. The molecule has 0 radical (unpaired) electrons. The first-order chi connectivity index (χ1) is 9.17. The van der Waals surface area contributed by atoms with Crippen LogP contribution in [0.25, 0.3) is 22.4 Å². The molecule has 2 aromatic carbocycles. The van der Waals surface area contributed by atoms with Gasteiger partial charge in [0, 0.05) is 10.0 Å². The second-order valence-corrected chi connectivity index (χ2v) is 5.30. The van der Waals surface area contributed by atoms with Crippen molar-refractivity contribution in [2.45, 2.75) is 6.92 Å². The van der Waals surface area contributed by atoms with Crippen LogP contribution < -0.4 is 0 Å². The highest BCUT2D eigenvalue weighted by molar-refractivity contribution is 9.10. The molecule has 3 aromatic rings. The van der Waals surface area contributed by atoms with Gasteiger partial charge in [0.1, 0.15) is 5.82 Å². The maximum absolute atomic E-state index is 8.91. The Morgan fingerprint density at radius 1 is 1.21 bits per heavy atom. The van der Waals surface area contributed by atoms with Crippen molar-refractivity contribution in [3.63, 3.8) is 0 Å². The van der Waals surface area contributed by atoms with Crippen LogP contribution in [0.15, 0.2) is 40.9 Å². The zero-order valence-corrected chi connectivity index (χ0v) is 11.8. The number of halogens is 1. The molecule has 0 saturated carbocycles. The summed E-state index contributed by atoms with van der Waals surface area (Å²) in [5.41, 5.74) is 4.61. The summed E-state index contributed by atoms with van der Waals surface area (Å²) in [5, 5.41) is 8.91. The largest absolute Gasteiger partial charge is 0.338 e. The van der Waals surface area contributed by atoms with Crippen LogP contribution in [0.4, 0.5) is 0 Å². The van der Waals surface area contributed by atoms with Gasteiger partial charge < -0.3 is 4.98 Å². The van der Waals surface area contributed by atoms with E-state index in [1.807, 2.05) is 31.2 Å². The minimum Gasteiger partial charge on any atom is -0.338 e. The van der Waals surface area contributed by atoms with Gasteiger partial charge in [-0.2, -0.15) is 5.26 Å². The monoisotopic (exact) mass is 311 g/mol. The summed E-state index contributed by atoms with van der Waals surface area (Å²) in [5.74, 6) is 0.829. The Morgan fingerprint density at radius 3 is 2.79 bits per heavy atom. The Kier molecular flexibility index (Phi) is 2.84. The molecule has 0 spiro atoms. The summed E-state index contributed by atoms with van der Waals surface area (Å²) in [6, 6.07) is 13.7. The van der Waals surface area contributed by atoms with Crippen molar-refractivity contribution in [1.82, 2.24) is 9.97 Å². The fourth-order valence-corrected chi connectivity index (χ4v) is 2.58. The maximum atomic E-state index is 8.91. The number of hydrogen-bond donors (Lipinski definition) is 1. The second kappa shape index (κ2) is 4.52. The number of aromatic amines is 1. The molecule has 0 saturated heterocycles. The number of nitrogens with zero attached hydrogens (tertiary/aromatic N) is 2. The molecule has 1 aromatic heterocycles. The van der Waals surface area contributed by atoms with E-state index in [1.54, 1.807) is 6.07 Å². The number of nitrogens with one attached hydrogen (secondary N) is 1. The summed E-state index contributed by atoms with van der Waals surface area (Å²) in [6.07, 6.45) is 0. The van der Waals surface area contributed by atoms with Crippen LogP contribution in [-0.4, -0.2) is 9.97 Å². The van der Waals surface area contributed by atoms with Crippen molar-refractivity contribution in [2.24, 2.45) is 0 Å². The lowest BCUT2D eigenvalue weighted by molar-refractivity contribution is 1.30. The molecule has 0 aliphatic heterocycles. The van der Waals surface area contributed by atoms with Crippen LogP contribution in [0.5, 0.6) is 0 Å². The number of aryl methyl sites for hydroxylation is 1. The number of fused-ring (bicyclic) bond motifs is 1. The van der Waals surface area contributed by atoms with Crippen molar-refractivity contribution >= 4 is 27.0 Å². The number of aromatic nitrogens is 2. The third-order valence-electron chi connectivity index (χ3n) is 3.05. The fourth-order valence-electron chi connectivity index (χ4n) is 2.10. The van der Waals surface area contributed by atoms with Gasteiger partial charge in [-0.05, 0) is 48.9 Å². The molecule has 3 rings (SSSR count). The van der Waals surface area contributed by atoms with Crippen molar-refractivity contribution in [2.75, 3.05) is 0 Å². The summed E-state index contributed by atoms with van der Waals surface area (Å²) in [7, 11) is 0. The summed E-state index contributed by atoms with van der Waals surface area (Å²) in [6.45, 7) is 2.05. The highest BCUT2D eigenvalue weighted by Crippen LogP contribution is 2.26. The normalized spacial score (nSPS) is 10.6. The SMILES string of the molecule is Cc1cc(Br)ccc1-c1nc2ccc(C#N)cc2[nH]1. The topological polar surface area (TPSA) is 52.5 Å². The Hall–Kier alpha value is -2.12. The average Bonchev–Trinajstić information content (AvgIpc) is 2.80. The average molecular weight is 312 g/mol. The van der Waals surface area contributed by atoms with Crippen molar-refractivity contribution in [1.29, 1.82) is 5.26 Å². The van der Waals surface area contributed by atoms with E-state index in [-0.39, 0.29) is 0 Å². The van der Waals surface area contributed by atoms with Gasteiger partial charge in [0.25, 0.3) is 0 Å². The lowest BCUT2D eigenvalue weighted by atomic mass is 10.1. The lowest BCUT2D eigenvalue weighted by Gasteiger charge is -2.02. The van der Waals surface area contributed by atoms with E-state index >= 15 is 0 Å². The van der Waals surface area contributed by atoms with E-state index in [4.69, 9.17) is 5.26 Å². The van der Waals surface area contributed by atoms with Gasteiger partial charge in [-0.25, -0.2) is 4.98 Å². The van der Waals surface area contributed by atoms with Crippen LogP contribution in [0.1, 0.15) is 11.1 Å². The quantitative estimate of drug-likeness (QED) is 0.733. The second-order valence-electron chi connectivity index (χ2n) is 4.39. The first-order valence-corrected chi connectivity index (χ1v) is 6.63. The molecule has 0 unspecified atom stereocenters. The number of nitriles is 1. The van der Waals surface area contributed by atoms with E-state index in [9.17, 15) is 0 Å². The van der Waals surface area contributed by atoms with Crippen molar-refractivity contribution < 1.29 is 0 Å². The number of rotatable bonds is 1. The van der Waals surface area contributed by atoms with Crippen LogP contribution in [0.3, 0.4) is 0 Å². The minimum absolute atomic E-state index is 0.634. The van der Waals surface area contributed by atoms with Crippen molar-refractivity contribution in [3.8, 4) is 17.5 Å².